The van der Waals surface area contributed by atoms with Crippen molar-refractivity contribution in [1.29, 1.82) is 0 Å². The Hall–Kier alpha value is -0.830. The van der Waals surface area contributed by atoms with E-state index in [1.807, 2.05) is 0 Å². The molecule has 3 nitrogen and oxygen atoms in total. The van der Waals surface area contributed by atoms with Gasteiger partial charge in [-0.05, 0) is 25.7 Å². The highest BCUT2D eigenvalue weighted by Crippen LogP contribution is 2.48. The third-order valence-electron chi connectivity index (χ3n) is 3.30. The minimum atomic E-state index is 0.191. The highest BCUT2D eigenvalue weighted by Gasteiger charge is 2.46. The van der Waals surface area contributed by atoms with Crippen molar-refractivity contribution in [2.75, 3.05) is 6.54 Å². The summed E-state index contributed by atoms with van der Waals surface area (Å²) in [6.45, 7) is 0.712. The second-order valence-electron chi connectivity index (χ2n) is 4.37. The van der Waals surface area contributed by atoms with Gasteiger partial charge in [0.25, 0.3) is 0 Å². The summed E-state index contributed by atoms with van der Waals surface area (Å²) in [5.74, 6) is 1.74. The fourth-order valence-corrected chi connectivity index (χ4v) is 1.82. The molecule has 3 heteroatoms. The molecule has 1 heterocycles. The van der Waals surface area contributed by atoms with Gasteiger partial charge in [0.2, 0.25) is 0 Å². The summed E-state index contributed by atoms with van der Waals surface area (Å²) in [6.07, 6.45) is 4.90. The highest BCUT2D eigenvalue weighted by molar-refractivity contribution is 5.27. The van der Waals surface area contributed by atoms with E-state index in [-0.39, 0.29) is 5.41 Å². The smallest absolute Gasteiger partial charge is 0.140 e. The molecule has 2 fully saturated rings. The van der Waals surface area contributed by atoms with Gasteiger partial charge in [0.15, 0.2) is 0 Å². The Labute approximate surface area is 77.3 Å². The van der Waals surface area contributed by atoms with Crippen LogP contribution >= 0.6 is 0 Å². The summed E-state index contributed by atoms with van der Waals surface area (Å²) in [6, 6.07) is 2.12. The molecule has 70 valence electrons. The molecule has 13 heavy (non-hydrogen) atoms. The molecule has 2 saturated carbocycles. The molecular weight excluding hydrogens is 164 g/mol. The molecule has 0 radical (unpaired) electrons. The van der Waals surface area contributed by atoms with Gasteiger partial charge >= 0.3 is 0 Å². The van der Waals surface area contributed by atoms with Crippen LogP contribution < -0.4 is 5.73 Å². The standard InChI is InChI=1S/C10H14N2O/c11-6-10(3-4-10)9-5-8(13-12-9)7-1-2-7/h5,7H,1-4,6,11H2. The lowest BCUT2D eigenvalue weighted by Crippen LogP contribution is -2.19. The first-order valence-corrected chi connectivity index (χ1v) is 5.01. The van der Waals surface area contributed by atoms with Crippen molar-refractivity contribution < 1.29 is 4.52 Å². The van der Waals surface area contributed by atoms with Crippen LogP contribution in [-0.4, -0.2) is 11.7 Å². The summed E-state index contributed by atoms with van der Waals surface area (Å²) in [7, 11) is 0. The summed E-state index contributed by atoms with van der Waals surface area (Å²) < 4.78 is 5.31. The predicted octanol–water partition coefficient (Wildman–Crippen LogP) is 1.54. The molecule has 0 amide bonds. The molecule has 2 aliphatic rings. The fourth-order valence-electron chi connectivity index (χ4n) is 1.82. The summed E-state index contributed by atoms with van der Waals surface area (Å²) in [4.78, 5) is 0. The zero-order valence-corrected chi connectivity index (χ0v) is 7.62. The molecular formula is C10H14N2O. The van der Waals surface area contributed by atoms with Gasteiger partial charge in [-0.15, -0.1) is 0 Å². The van der Waals surface area contributed by atoms with Crippen LogP contribution in [0.5, 0.6) is 0 Å². The number of hydrogen-bond donors (Lipinski definition) is 1. The van der Waals surface area contributed by atoms with E-state index in [0.717, 1.165) is 11.5 Å². The molecule has 1 aromatic rings. The fraction of sp³-hybridized carbons (Fsp3) is 0.700. The Kier molecular flexibility index (Phi) is 1.37. The zero-order valence-electron chi connectivity index (χ0n) is 7.62. The van der Waals surface area contributed by atoms with Gasteiger partial charge in [-0.1, -0.05) is 5.16 Å². The number of hydrogen-bond acceptors (Lipinski definition) is 3. The first-order chi connectivity index (χ1) is 6.34. The topological polar surface area (TPSA) is 52.0 Å². The van der Waals surface area contributed by atoms with Gasteiger partial charge in [0, 0.05) is 23.9 Å². The monoisotopic (exact) mass is 178 g/mol. The van der Waals surface area contributed by atoms with E-state index in [1.54, 1.807) is 0 Å². The molecule has 0 saturated heterocycles. The molecule has 0 aliphatic heterocycles. The number of nitrogens with zero attached hydrogens (tertiary/aromatic N) is 1. The van der Waals surface area contributed by atoms with E-state index in [2.05, 4.69) is 11.2 Å². The minimum absolute atomic E-state index is 0.191. The van der Waals surface area contributed by atoms with E-state index >= 15 is 0 Å². The predicted molar refractivity (Wildman–Crippen MR) is 48.4 cm³/mol. The number of nitrogens with two attached hydrogens (primary N) is 1. The van der Waals surface area contributed by atoms with Crippen molar-refractivity contribution in [3.8, 4) is 0 Å². The normalized spacial score (nSPS) is 24.7. The third-order valence-corrected chi connectivity index (χ3v) is 3.30. The second kappa shape index (κ2) is 2.35. The third kappa shape index (κ3) is 1.10. The Balaban J connectivity index is 1.88. The number of rotatable bonds is 3. The highest BCUT2D eigenvalue weighted by atomic mass is 16.5. The zero-order chi connectivity index (χ0) is 8.89. The van der Waals surface area contributed by atoms with Gasteiger partial charge < -0.3 is 10.3 Å². The first-order valence-electron chi connectivity index (χ1n) is 5.01. The van der Waals surface area contributed by atoms with Crippen molar-refractivity contribution >= 4 is 0 Å². The van der Waals surface area contributed by atoms with Crippen LogP contribution in [0, 0.1) is 0 Å². The molecule has 2 aliphatic carbocycles. The molecule has 0 atom stereocenters. The van der Waals surface area contributed by atoms with Gasteiger partial charge in [0.05, 0.1) is 5.69 Å². The molecule has 0 aromatic carbocycles. The summed E-state index contributed by atoms with van der Waals surface area (Å²) in [5, 5.41) is 4.13. The van der Waals surface area contributed by atoms with Crippen LogP contribution in [0.1, 0.15) is 43.1 Å². The molecule has 0 bridgehead atoms. The Morgan fingerprint density at radius 2 is 2.31 bits per heavy atom. The minimum Gasteiger partial charge on any atom is -0.361 e. The Morgan fingerprint density at radius 3 is 2.85 bits per heavy atom. The van der Waals surface area contributed by atoms with Crippen molar-refractivity contribution in [2.45, 2.75) is 37.0 Å². The average molecular weight is 178 g/mol. The van der Waals surface area contributed by atoms with E-state index in [1.165, 1.54) is 25.7 Å². The summed E-state index contributed by atoms with van der Waals surface area (Å²) in [5.41, 5.74) is 7.01. The van der Waals surface area contributed by atoms with Crippen LogP contribution in [0.25, 0.3) is 0 Å². The van der Waals surface area contributed by atoms with Crippen molar-refractivity contribution in [1.82, 2.24) is 5.16 Å². The maximum Gasteiger partial charge on any atom is 0.140 e. The van der Waals surface area contributed by atoms with Gasteiger partial charge in [0.1, 0.15) is 5.76 Å². The lowest BCUT2D eigenvalue weighted by atomic mass is 10.0. The largest absolute Gasteiger partial charge is 0.361 e. The maximum absolute atomic E-state index is 5.72. The second-order valence-corrected chi connectivity index (χ2v) is 4.37. The van der Waals surface area contributed by atoms with E-state index in [9.17, 15) is 0 Å². The van der Waals surface area contributed by atoms with Gasteiger partial charge in [-0.25, -0.2) is 0 Å². The van der Waals surface area contributed by atoms with Gasteiger partial charge in [-0.3, -0.25) is 0 Å². The summed E-state index contributed by atoms with van der Waals surface area (Å²) >= 11 is 0. The van der Waals surface area contributed by atoms with Gasteiger partial charge in [-0.2, -0.15) is 0 Å². The SMILES string of the molecule is NCC1(c2cc(C3CC3)on2)CC1. The molecule has 0 spiro atoms. The van der Waals surface area contributed by atoms with Crippen LogP contribution in [0.4, 0.5) is 0 Å². The maximum atomic E-state index is 5.72. The quantitative estimate of drug-likeness (QED) is 0.763. The van der Waals surface area contributed by atoms with E-state index < -0.39 is 0 Å². The Bertz CT molecular complexity index is 323. The molecule has 3 rings (SSSR count). The van der Waals surface area contributed by atoms with Crippen LogP contribution in [0.3, 0.4) is 0 Å². The Morgan fingerprint density at radius 1 is 1.54 bits per heavy atom. The molecule has 1 aromatic heterocycles. The first kappa shape index (κ1) is 7.56. The van der Waals surface area contributed by atoms with Crippen molar-refractivity contribution in [2.24, 2.45) is 5.73 Å². The molecule has 2 N–H and O–H groups in total. The lowest BCUT2D eigenvalue weighted by molar-refractivity contribution is 0.372. The van der Waals surface area contributed by atoms with E-state index in [0.29, 0.717) is 12.5 Å². The van der Waals surface area contributed by atoms with Crippen LogP contribution in [0.15, 0.2) is 10.6 Å². The number of aromatic nitrogens is 1. The average Bonchev–Trinajstić information content (AvgIpc) is 3.07. The van der Waals surface area contributed by atoms with E-state index in [4.69, 9.17) is 10.3 Å². The van der Waals surface area contributed by atoms with Crippen molar-refractivity contribution in [3.05, 3.63) is 17.5 Å². The molecule has 0 unspecified atom stereocenters. The van der Waals surface area contributed by atoms with Crippen LogP contribution in [0.2, 0.25) is 0 Å². The van der Waals surface area contributed by atoms with Crippen molar-refractivity contribution in [3.63, 3.8) is 0 Å². The lowest BCUT2D eigenvalue weighted by Gasteiger charge is -2.05. The van der Waals surface area contributed by atoms with Crippen LogP contribution in [-0.2, 0) is 5.41 Å².